The lowest BCUT2D eigenvalue weighted by Crippen LogP contribution is -2.40. The molecule has 1 amide bonds. The lowest BCUT2D eigenvalue weighted by molar-refractivity contribution is -0.132. The molecule has 0 saturated heterocycles. The lowest BCUT2D eigenvalue weighted by Gasteiger charge is -2.33. The molecular formula is C20H25N3O2. The molecule has 1 saturated carbocycles. The van der Waals surface area contributed by atoms with Crippen molar-refractivity contribution in [3.8, 4) is 0 Å². The molecule has 132 valence electrons. The van der Waals surface area contributed by atoms with Crippen molar-refractivity contribution in [3.05, 3.63) is 53.3 Å². The van der Waals surface area contributed by atoms with Gasteiger partial charge in [0.2, 0.25) is 5.91 Å². The van der Waals surface area contributed by atoms with E-state index >= 15 is 0 Å². The van der Waals surface area contributed by atoms with Gasteiger partial charge in [-0.2, -0.15) is 5.10 Å². The third-order valence-corrected chi connectivity index (χ3v) is 5.17. The first-order chi connectivity index (χ1) is 12.2. The largest absolute Gasteiger partial charge is 0.380 e. The molecule has 1 aromatic carbocycles. The van der Waals surface area contributed by atoms with Crippen molar-refractivity contribution in [2.75, 3.05) is 19.8 Å². The molecular weight excluding hydrogens is 314 g/mol. The molecule has 1 atom stereocenters. The summed E-state index contributed by atoms with van der Waals surface area (Å²) in [4.78, 5) is 14.7. The summed E-state index contributed by atoms with van der Waals surface area (Å²) in [6, 6.07) is 9.95. The van der Waals surface area contributed by atoms with Gasteiger partial charge in [0.05, 0.1) is 24.9 Å². The Morgan fingerprint density at radius 3 is 2.80 bits per heavy atom. The van der Waals surface area contributed by atoms with Gasteiger partial charge >= 0.3 is 0 Å². The number of hydrogen-bond donors (Lipinski definition) is 0. The maximum absolute atomic E-state index is 12.8. The number of nitrogens with zero attached hydrogens (tertiary/aromatic N) is 3. The average Bonchev–Trinajstić information content (AvgIpc) is 3.37. The zero-order valence-corrected chi connectivity index (χ0v) is 14.7. The Bertz CT molecular complexity index is 737. The highest BCUT2D eigenvalue weighted by atomic mass is 16.5. The maximum atomic E-state index is 12.8. The molecule has 4 rings (SSSR count). The van der Waals surface area contributed by atoms with Crippen LogP contribution in [0.5, 0.6) is 0 Å². The van der Waals surface area contributed by atoms with Gasteiger partial charge in [0.25, 0.3) is 0 Å². The van der Waals surface area contributed by atoms with Crippen molar-refractivity contribution in [2.45, 2.75) is 31.7 Å². The van der Waals surface area contributed by atoms with Gasteiger partial charge in [-0.3, -0.25) is 9.48 Å². The normalized spacial score (nSPS) is 19.7. The highest BCUT2D eigenvalue weighted by Crippen LogP contribution is 2.31. The van der Waals surface area contributed by atoms with Crippen molar-refractivity contribution in [3.63, 3.8) is 0 Å². The van der Waals surface area contributed by atoms with Crippen molar-refractivity contribution in [2.24, 2.45) is 13.0 Å². The number of fused-ring (bicyclic) bond motifs is 1. The number of aromatic nitrogens is 2. The molecule has 0 bridgehead atoms. The van der Waals surface area contributed by atoms with Crippen LogP contribution in [0.1, 0.15) is 35.6 Å². The van der Waals surface area contributed by atoms with Crippen molar-refractivity contribution < 1.29 is 9.53 Å². The standard InChI is InChI=1S/C20H25N3O2/c1-22-20-17(10-21-22)11-23(12-18(20)14-25-13-16-7-8-16)19(24)9-15-5-3-2-4-6-15/h2-6,10,16,18H,7-9,11-14H2,1H3. The first kappa shape index (κ1) is 16.3. The summed E-state index contributed by atoms with van der Waals surface area (Å²) in [5.74, 6) is 1.13. The Balaban J connectivity index is 1.45. The summed E-state index contributed by atoms with van der Waals surface area (Å²) < 4.78 is 7.89. The van der Waals surface area contributed by atoms with Crippen LogP contribution >= 0.6 is 0 Å². The van der Waals surface area contributed by atoms with Crippen molar-refractivity contribution in [1.29, 1.82) is 0 Å². The van der Waals surface area contributed by atoms with Crippen molar-refractivity contribution in [1.82, 2.24) is 14.7 Å². The maximum Gasteiger partial charge on any atom is 0.227 e. The van der Waals surface area contributed by atoms with Crippen LogP contribution in [-0.2, 0) is 29.5 Å². The Morgan fingerprint density at radius 2 is 2.04 bits per heavy atom. The van der Waals surface area contributed by atoms with Gasteiger partial charge in [-0.15, -0.1) is 0 Å². The summed E-state index contributed by atoms with van der Waals surface area (Å²) in [6.07, 6.45) is 4.93. The third kappa shape index (κ3) is 3.76. The first-order valence-electron chi connectivity index (χ1n) is 9.11. The molecule has 5 heteroatoms. The van der Waals surface area contributed by atoms with Crippen LogP contribution in [0.15, 0.2) is 36.5 Å². The molecule has 2 heterocycles. The first-order valence-corrected chi connectivity index (χ1v) is 9.11. The Kier molecular flexibility index (Phi) is 4.57. The highest BCUT2D eigenvalue weighted by molar-refractivity contribution is 5.79. The Hall–Kier alpha value is -2.14. The minimum Gasteiger partial charge on any atom is -0.380 e. The van der Waals surface area contributed by atoms with E-state index in [0.29, 0.717) is 26.1 Å². The number of carbonyl (C=O) groups is 1. The molecule has 2 aromatic rings. The fourth-order valence-corrected chi connectivity index (χ4v) is 3.63. The molecule has 25 heavy (non-hydrogen) atoms. The van der Waals surface area contributed by atoms with Gasteiger partial charge in [0.1, 0.15) is 0 Å². The SMILES string of the molecule is Cn1ncc2c1C(COCC1CC1)CN(C(=O)Cc1ccccc1)C2. The van der Waals surface area contributed by atoms with E-state index in [0.717, 1.165) is 23.7 Å². The molecule has 1 fully saturated rings. The van der Waals surface area contributed by atoms with Gasteiger partial charge in [-0.25, -0.2) is 0 Å². The zero-order chi connectivity index (χ0) is 17.2. The van der Waals surface area contributed by atoms with E-state index < -0.39 is 0 Å². The predicted octanol–water partition coefficient (Wildman–Crippen LogP) is 2.52. The van der Waals surface area contributed by atoms with E-state index in [1.807, 2.05) is 53.2 Å². The number of hydrogen-bond acceptors (Lipinski definition) is 3. The number of aryl methyl sites for hydroxylation is 1. The minimum atomic E-state index is 0.174. The average molecular weight is 339 g/mol. The zero-order valence-electron chi connectivity index (χ0n) is 14.7. The number of amides is 1. The van der Waals surface area contributed by atoms with E-state index in [9.17, 15) is 4.79 Å². The monoisotopic (exact) mass is 339 g/mol. The van der Waals surface area contributed by atoms with Crippen LogP contribution in [0, 0.1) is 5.92 Å². The summed E-state index contributed by atoms with van der Waals surface area (Å²) in [5, 5.41) is 4.40. The molecule has 5 nitrogen and oxygen atoms in total. The van der Waals surface area contributed by atoms with E-state index in [-0.39, 0.29) is 11.8 Å². The molecule has 1 unspecified atom stereocenters. The van der Waals surface area contributed by atoms with Crippen LogP contribution in [0.4, 0.5) is 0 Å². The van der Waals surface area contributed by atoms with Crippen LogP contribution < -0.4 is 0 Å². The quantitative estimate of drug-likeness (QED) is 0.812. The molecule has 1 aromatic heterocycles. The number of ether oxygens (including phenoxy) is 1. The summed E-state index contributed by atoms with van der Waals surface area (Å²) in [6.45, 7) is 2.87. The van der Waals surface area contributed by atoms with E-state index in [1.54, 1.807) is 0 Å². The number of benzene rings is 1. The second kappa shape index (κ2) is 7.00. The van der Waals surface area contributed by atoms with Gasteiger partial charge < -0.3 is 9.64 Å². The highest BCUT2D eigenvalue weighted by Gasteiger charge is 2.31. The number of carbonyl (C=O) groups excluding carboxylic acids is 1. The summed E-state index contributed by atoms with van der Waals surface area (Å²) in [7, 11) is 1.98. The third-order valence-electron chi connectivity index (χ3n) is 5.17. The van der Waals surface area contributed by atoms with Gasteiger partial charge in [-0.05, 0) is 24.3 Å². The van der Waals surface area contributed by atoms with Gasteiger partial charge in [0.15, 0.2) is 0 Å². The number of rotatable bonds is 6. The Morgan fingerprint density at radius 1 is 1.24 bits per heavy atom. The molecule has 1 aliphatic heterocycles. The summed E-state index contributed by atoms with van der Waals surface area (Å²) >= 11 is 0. The van der Waals surface area contributed by atoms with Crippen LogP contribution in [0.3, 0.4) is 0 Å². The van der Waals surface area contributed by atoms with Gasteiger partial charge in [-0.1, -0.05) is 30.3 Å². The van der Waals surface area contributed by atoms with Crippen molar-refractivity contribution >= 4 is 5.91 Å². The summed E-state index contributed by atoms with van der Waals surface area (Å²) in [5.41, 5.74) is 3.43. The fourth-order valence-electron chi connectivity index (χ4n) is 3.63. The molecule has 1 aliphatic carbocycles. The molecule has 0 spiro atoms. The molecule has 2 aliphatic rings. The predicted molar refractivity (Wildman–Crippen MR) is 95.1 cm³/mol. The molecule has 0 radical (unpaired) electrons. The fraction of sp³-hybridized carbons (Fsp3) is 0.500. The van der Waals surface area contributed by atoms with E-state index in [4.69, 9.17) is 4.74 Å². The van der Waals surface area contributed by atoms with Crippen LogP contribution in [0.25, 0.3) is 0 Å². The topological polar surface area (TPSA) is 47.4 Å². The minimum absolute atomic E-state index is 0.174. The lowest BCUT2D eigenvalue weighted by atomic mass is 9.96. The second-order valence-electron chi connectivity index (χ2n) is 7.29. The van der Waals surface area contributed by atoms with Crippen LogP contribution in [-0.4, -0.2) is 40.3 Å². The van der Waals surface area contributed by atoms with Gasteiger partial charge in [0, 0.05) is 38.2 Å². The van der Waals surface area contributed by atoms with Crippen LogP contribution in [0.2, 0.25) is 0 Å². The van der Waals surface area contributed by atoms with E-state index in [2.05, 4.69) is 5.10 Å². The molecule has 0 N–H and O–H groups in total. The second-order valence-corrected chi connectivity index (χ2v) is 7.29. The van der Waals surface area contributed by atoms with E-state index in [1.165, 1.54) is 18.5 Å². The smallest absolute Gasteiger partial charge is 0.227 e. The Labute approximate surface area is 148 Å².